The van der Waals surface area contributed by atoms with Crippen molar-refractivity contribution in [3.05, 3.63) is 65.9 Å². The minimum absolute atomic E-state index is 0.215. The van der Waals surface area contributed by atoms with Crippen molar-refractivity contribution in [1.82, 2.24) is 19.5 Å². The molecule has 0 unspecified atom stereocenters. The van der Waals surface area contributed by atoms with Gasteiger partial charge in [-0.3, -0.25) is 9.78 Å². The Morgan fingerprint density at radius 1 is 1.12 bits per heavy atom. The number of fused-ring (bicyclic) bond motifs is 1. The van der Waals surface area contributed by atoms with Crippen LogP contribution >= 0.6 is 0 Å². The van der Waals surface area contributed by atoms with Gasteiger partial charge in [0.15, 0.2) is 5.78 Å². The highest BCUT2D eigenvalue weighted by Gasteiger charge is 2.20. The number of aromatic nitrogens is 4. The molecule has 0 aliphatic heterocycles. The van der Waals surface area contributed by atoms with Crippen molar-refractivity contribution in [3.63, 3.8) is 0 Å². The van der Waals surface area contributed by atoms with Crippen molar-refractivity contribution in [1.29, 1.82) is 0 Å². The normalized spacial score (nSPS) is 10.7. The standard InChI is InChI=1S/C22H21N7O3/c1-12-4-5-17(32-3)16(6-12)28-22(31)27-14-7-13(8-24-9-14)19(30)15-10-29(2)21-18(15)20(23)25-11-26-21/h4-11H,1-3H3,(H2,23,25,26)(H2,27,28,31). The molecule has 32 heavy (non-hydrogen) atoms. The molecule has 0 atom stereocenters. The first-order valence-electron chi connectivity index (χ1n) is 9.65. The van der Waals surface area contributed by atoms with E-state index in [1.165, 1.54) is 25.8 Å². The molecule has 1 aromatic carbocycles. The maximum absolute atomic E-state index is 13.2. The zero-order valence-electron chi connectivity index (χ0n) is 17.7. The lowest BCUT2D eigenvalue weighted by Crippen LogP contribution is -2.20. The Kier molecular flexibility index (Phi) is 5.42. The Labute approximate surface area is 183 Å². The Morgan fingerprint density at radius 3 is 2.72 bits per heavy atom. The molecule has 2 amide bonds. The zero-order chi connectivity index (χ0) is 22.8. The molecule has 162 valence electrons. The predicted octanol–water partition coefficient (Wildman–Crippen LogP) is 3.14. The molecule has 4 N–H and O–H groups in total. The number of anilines is 3. The predicted molar refractivity (Wildman–Crippen MR) is 121 cm³/mol. The van der Waals surface area contributed by atoms with Gasteiger partial charge in [0, 0.05) is 25.0 Å². The Hall–Kier alpha value is -4.47. The van der Waals surface area contributed by atoms with Crippen molar-refractivity contribution in [2.45, 2.75) is 6.92 Å². The summed E-state index contributed by atoms with van der Waals surface area (Å²) in [6, 6.07) is 6.49. The van der Waals surface area contributed by atoms with Gasteiger partial charge in [-0.1, -0.05) is 6.07 Å². The lowest BCUT2D eigenvalue weighted by molar-refractivity contribution is 0.103. The molecule has 0 saturated carbocycles. The third-order valence-corrected chi connectivity index (χ3v) is 4.89. The van der Waals surface area contributed by atoms with E-state index in [1.807, 2.05) is 13.0 Å². The van der Waals surface area contributed by atoms with Gasteiger partial charge in [-0.05, 0) is 30.7 Å². The van der Waals surface area contributed by atoms with Crippen LogP contribution in [0.25, 0.3) is 11.0 Å². The number of nitrogens with zero attached hydrogens (tertiary/aromatic N) is 4. The largest absolute Gasteiger partial charge is 0.495 e. The van der Waals surface area contributed by atoms with Crippen molar-refractivity contribution in [2.75, 3.05) is 23.5 Å². The van der Waals surface area contributed by atoms with E-state index in [9.17, 15) is 9.59 Å². The van der Waals surface area contributed by atoms with Crippen molar-refractivity contribution in [3.8, 4) is 5.75 Å². The van der Waals surface area contributed by atoms with E-state index >= 15 is 0 Å². The third-order valence-electron chi connectivity index (χ3n) is 4.89. The number of pyridine rings is 1. The van der Waals surface area contributed by atoms with E-state index in [0.717, 1.165) is 5.56 Å². The van der Waals surface area contributed by atoms with Crippen molar-refractivity contribution in [2.24, 2.45) is 7.05 Å². The summed E-state index contributed by atoms with van der Waals surface area (Å²) in [5.74, 6) is 0.435. The molecule has 4 aromatic rings. The number of carbonyl (C=O) groups excluding carboxylic acids is 2. The fraction of sp³-hybridized carbons (Fsp3) is 0.136. The summed E-state index contributed by atoms with van der Waals surface area (Å²) in [4.78, 5) is 37.9. The first-order valence-corrected chi connectivity index (χ1v) is 9.65. The van der Waals surface area contributed by atoms with Gasteiger partial charge < -0.3 is 25.7 Å². The molecule has 10 nitrogen and oxygen atoms in total. The number of carbonyl (C=O) groups is 2. The monoisotopic (exact) mass is 431 g/mol. The van der Waals surface area contributed by atoms with Gasteiger partial charge in [0.25, 0.3) is 0 Å². The molecule has 0 fully saturated rings. The molecule has 3 heterocycles. The zero-order valence-corrected chi connectivity index (χ0v) is 17.7. The van der Waals surface area contributed by atoms with Crippen molar-refractivity contribution >= 4 is 40.0 Å². The van der Waals surface area contributed by atoms with Gasteiger partial charge in [0.2, 0.25) is 0 Å². The van der Waals surface area contributed by atoms with Crippen LogP contribution in [0, 0.1) is 6.92 Å². The Balaban J connectivity index is 1.58. The number of amides is 2. The second-order valence-electron chi connectivity index (χ2n) is 7.19. The van der Waals surface area contributed by atoms with E-state index in [-0.39, 0.29) is 17.2 Å². The number of nitrogens with two attached hydrogens (primary N) is 1. The smallest absolute Gasteiger partial charge is 0.323 e. The number of urea groups is 1. The highest BCUT2D eigenvalue weighted by Crippen LogP contribution is 2.27. The minimum Gasteiger partial charge on any atom is -0.495 e. The van der Waals surface area contributed by atoms with Gasteiger partial charge in [0.1, 0.15) is 23.5 Å². The SMILES string of the molecule is COc1ccc(C)cc1NC(=O)Nc1cncc(C(=O)c2cn(C)c3ncnc(N)c23)c1. The summed E-state index contributed by atoms with van der Waals surface area (Å²) < 4.78 is 6.98. The average molecular weight is 431 g/mol. The molecule has 3 aromatic heterocycles. The average Bonchev–Trinajstić information content (AvgIpc) is 3.11. The van der Waals surface area contributed by atoms with Gasteiger partial charge in [-0.25, -0.2) is 14.8 Å². The van der Waals surface area contributed by atoms with Gasteiger partial charge in [-0.2, -0.15) is 0 Å². The van der Waals surface area contributed by atoms with Crippen LogP contribution in [0.15, 0.2) is 49.2 Å². The number of nitrogen functional groups attached to an aromatic ring is 1. The van der Waals surface area contributed by atoms with Crippen LogP contribution in [0.2, 0.25) is 0 Å². The number of hydrogen-bond acceptors (Lipinski definition) is 7. The van der Waals surface area contributed by atoms with Gasteiger partial charge >= 0.3 is 6.03 Å². The summed E-state index contributed by atoms with van der Waals surface area (Å²) in [5.41, 5.74) is 9.01. The summed E-state index contributed by atoms with van der Waals surface area (Å²) in [6.07, 6.45) is 5.87. The van der Waals surface area contributed by atoms with Gasteiger partial charge in [-0.15, -0.1) is 0 Å². The molecule has 0 aliphatic carbocycles. The number of nitrogens with one attached hydrogen (secondary N) is 2. The Bertz CT molecular complexity index is 1350. The molecule has 10 heteroatoms. The van der Waals surface area contributed by atoms with E-state index in [0.29, 0.717) is 33.7 Å². The molecule has 0 radical (unpaired) electrons. The van der Waals surface area contributed by atoms with Crippen LogP contribution in [-0.4, -0.2) is 38.4 Å². The Morgan fingerprint density at radius 2 is 1.94 bits per heavy atom. The molecule has 0 aliphatic rings. The van der Waals surface area contributed by atoms with E-state index in [4.69, 9.17) is 10.5 Å². The second kappa shape index (κ2) is 8.34. The quantitative estimate of drug-likeness (QED) is 0.413. The van der Waals surface area contributed by atoms with Crippen LogP contribution < -0.4 is 21.1 Å². The topological polar surface area (TPSA) is 137 Å². The molecule has 4 rings (SSSR count). The summed E-state index contributed by atoms with van der Waals surface area (Å²) in [7, 11) is 3.30. The number of benzene rings is 1. The summed E-state index contributed by atoms with van der Waals surface area (Å²) in [6.45, 7) is 1.91. The second-order valence-corrected chi connectivity index (χ2v) is 7.19. The fourth-order valence-corrected chi connectivity index (χ4v) is 3.40. The van der Waals surface area contributed by atoms with Crippen LogP contribution in [-0.2, 0) is 7.05 Å². The molecule has 0 saturated heterocycles. The lowest BCUT2D eigenvalue weighted by Gasteiger charge is -2.12. The highest BCUT2D eigenvalue weighted by molar-refractivity contribution is 6.18. The lowest BCUT2D eigenvalue weighted by atomic mass is 10.1. The first kappa shape index (κ1) is 20.8. The van der Waals surface area contributed by atoms with Crippen LogP contribution in [0.5, 0.6) is 5.75 Å². The molecular weight excluding hydrogens is 410 g/mol. The number of methoxy groups -OCH3 is 1. The maximum atomic E-state index is 13.2. The highest BCUT2D eigenvalue weighted by atomic mass is 16.5. The summed E-state index contributed by atoms with van der Waals surface area (Å²) in [5, 5.41) is 5.90. The van der Waals surface area contributed by atoms with Crippen LogP contribution in [0.1, 0.15) is 21.5 Å². The summed E-state index contributed by atoms with van der Waals surface area (Å²) >= 11 is 0. The number of rotatable bonds is 5. The number of aryl methyl sites for hydroxylation is 2. The number of hydrogen-bond donors (Lipinski definition) is 3. The maximum Gasteiger partial charge on any atom is 0.323 e. The first-order chi connectivity index (χ1) is 15.4. The fourth-order valence-electron chi connectivity index (χ4n) is 3.40. The molecule has 0 bridgehead atoms. The minimum atomic E-state index is -0.497. The molecule has 0 spiro atoms. The van der Waals surface area contributed by atoms with E-state index < -0.39 is 6.03 Å². The van der Waals surface area contributed by atoms with Gasteiger partial charge in [0.05, 0.1) is 35.6 Å². The number of ketones is 1. The van der Waals surface area contributed by atoms with Crippen molar-refractivity contribution < 1.29 is 14.3 Å². The van der Waals surface area contributed by atoms with E-state index in [1.54, 1.807) is 36.0 Å². The van der Waals surface area contributed by atoms with Crippen LogP contribution in [0.4, 0.5) is 22.0 Å². The number of ether oxygens (including phenoxy) is 1. The van der Waals surface area contributed by atoms with E-state index in [2.05, 4.69) is 25.6 Å². The third kappa shape index (κ3) is 3.93. The van der Waals surface area contributed by atoms with Crippen LogP contribution in [0.3, 0.4) is 0 Å². The molecular formula is C22H21N7O3.